The first-order valence-corrected chi connectivity index (χ1v) is 7.33. The van der Waals surface area contributed by atoms with Gasteiger partial charge in [0, 0.05) is 10.5 Å². The lowest BCUT2D eigenvalue weighted by Gasteiger charge is -2.07. The fourth-order valence-electron chi connectivity index (χ4n) is 2.05. The van der Waals surface area contributed by atoms with Crippen LogP contribution in [0.2, 0.25) is 0 Å². The predicted octanol–water partition coefficient (Wildman–Crippen LogP) is 3.44. The predicted molar refractivity (Wildman–Crippen MR) is 82.5 cm³/mol. The van der Waals surface area contributed by atoms with Gasteiger partial charge in [-0.3, -0.25) is 10.1 Å². The van der Waals surface area contributed by atoms with Gasteiger partial charge in [-0.25, -0.2) is 4.79 Å². The number of nitrogens with zero attached hydrogens (tertiary/aromatic N) is 1. The Balaban J connectivity index is 1.81. The van der Waals surface area contributed by atoms with Crippen LogP contribution in [0.1, 0.15) is 15.9 Å². The van der Waals surface area contributed by atoms with Crippen LogP contribution >= 0.6 is 15.9 Å². The van der Waals surface area contributed by atoms with Gasteiger partial charge >= 0.3 is 5.97 Å². The summed E-state index contributed by atoms with van der Waals surface area (Å²) in [7, 11) is 0. The molecule has 0 unspecified atom stereocenters. The van der Waals surface area contributed by atoms with Crippen molar-refractivity contribution in [3.05, 3.63) is 62.1 Å². The zero-order valence-electron chi connectivity index (χ0n) is 11.7. The topological polar surface area (TPSA) is 87.9 Å². The number of nitro benzene ring substituents is 1. The molecule has 0 atom stereocenters. The molecule has 0 aliphatic carbocycles. The van der Waals surface area contributed by atoms with E-state index >= 15 is 0 Å². The molecule has 0 saturated heterocycles. The van der Waals surface area contributed by atoms with E-state index in [9.17, 15) is 14.9 Å². The first-order valence-electron chi connectivity index (χ1n) is 6.54. The molecule has 2 aromatic rings. The molecule has 0 spiro atoms. The van der Waals surface area contributed by atoms with Crippen LogP contribution in [-0.4, -0.2) is 17.7 Å². The minimum atomic E-state index is -0.794. The van der Waals surface area contributed by atoms with Crippen molar-refractivity contribution in [3.63, 3.8) is 0 Å². The second-order valence-electron chi connectivity index (χ2n) is 4.68. The maximum atomic E-state index is 12.2. The van der Waals surface area contributed by atoms with Gasteiger partial charge in [0.1, 0.15) is 12.2 Å². The lowest BCUT2D eigenvalue weighted by Crippen LogP contribution is -2.08. The van der Waals surface area contributed by atoms with Crippen LogP contribution in [0, 0.1) is 10.1 Å². The molecule has 0 bridgehead atoms. The Morgan fingerprint density at radius 3 is 2.52 bits per heavy atom. The van der Waals surface area contributed by atoms with Crippen LogP contribution < -0.4 is 9.47 Å². The largest absolute Gasteiger partial charge is 0.457 e. The summed E-state index contributed by atoms with van der Waals surface area (Å²) in [6.45, 7) is -0.0262. The van der Waals surface area contributed by atoms with E-state index in [1.54, 1.807) is 12.1 Å². The van der Waals surface area contributed by atoms with E-state index in [1.807, 2.05) is 12.1 Å². The van der Waals surface area contributed by atoms with Crippen molar-refractivity contribution in [2.45, 2.75) is 6.61 Å². The average Bonchev–Trinajstić information content (AvgIpc) is 3.00. The standard InChI is InChI=1S/C15H10BrNO6/c16-10-3-1-9(2-4-10)7-21-15(18)11-5-13-14(23-8-22-13)6-12(11)17(19)20/h1-6H,7-8H2. The van der Waals surface area contributed by atoms with Gasteiger partial charge < -0.3 is 14.2 Å². The van der Waals surface area contributed by atoms with Gasteiger partial charge in [-0.2, -0.15) is 0 Å². The Labute approximate surface area is 139 Å². The number of ether oxygens (including phenoxy) is 3. The molecule has 0 fully saturated rings. The van der Waals surface area contributed by atoms with Crippen LogP contribution in [0.3, 0.4) is 0 Å². The minimum Gasteiger partial charge on any atom is -0.457 e. The molecule has 118 valence electrons. The Morgan fingerprint density at radius 2 is 1.87 bits per heavy atom. The van der Waals surface area contributed by atoms with E-state index < -0.39 is 10.9 Å². The monoisotopic (exact) mass is 379 g/mol. The minimum absolute atomic E-state index is 0.0116. The summed E-state index contributed by atoms with van der Waals surface area (Å²) in [5, 5.41) is 11.1. The number of benzene rings is 2. The number of esters is 1. The van der Waals surface area contributed by atoms with Crippen LogP contribution in [0.25, 0.3) is 0 Å². The average molecular weight is 380 g/mol. The highest BCUT2D eigenvalue weighted by Gasteiger charge is 2.28. The first kappa shape index (κ1) is 15.3. The third-order valence-corrected chi connectivity index (χ3v) is 3.72. The zero-order chi connectivity index (χ0) is 16.4. The Bertz CT molecular complexity index is 774. The molecule has 0 amide bonds. The molecule has 1 aliphatic rings. The Hall–Kier alpha value is -2.61. The van der Waals surface area contributed by atoms with Crippen molar-refractivity contribution in [1.82, 2.24) is 0 Å². The van der Waals surface area contributed by atoms with Crippen molar-refractivity contribution in [2.24, 2.45) is 0 Å². The summed E-state index contributed by atoms with van der Waals surface area (Å²) >= 11 is 3.31. The summed E-state index contributed by atoms with van der Waals surface area (Å²) in [6.07, 6.45) is 0. The second-order valence-corrected chi connectivity index (χ2v) is 5.60. The first-order chi connectivity index (χ1) is 11.0. The summed E-state index contributed by atoms with van der Waals surface area (Å²) in [5.41, 5.74) is 0.219. The summed E-state index contributed by atoms with van der Waals surface area (Å²) < 4.78 is 16.3. The maximum Gasteiger partial charge on any atom is 0.345 e. The molecule has 23 heavy (non-hydrogen) atoms. The third kappa shape index (κ3) is 3.26. The van der Waals surface area contributed by atoms with Gasteiger partial charge in [-0.1, -0.05) is 28.1 Å². The van der Waals surface area contributed by atoms with Crippen molar-refractivity contribution in [3.8, 4) is 11.5 Å². The van der Waals surface area contributed by atoms with Gasteiger partial charge in [-0.15, -0.1) is 0 Å². The van der Waals surface area contributed by atoms with Gasteiger partial charge in [0.25, 0.3) is 5.69 Å². The number of fused-ring (bicyclic) bond motifs is 1. The molecule has 3 rings (SSSR count). The number of hydrogen-bond donors (Lipinski definition) is 0. The van der Waals surface area contributed by atoms with E-state index in [1.165, 1.54) is 12.1 Å². The summed E-state index contributed by atoms with van der Waals surface area (Å²) in [6, 6.07) is 9.62. The third-order valence-electron chi connectivity index (χ3n) is 3.19. The molecule has 1 aliphatic heterocycles. The van der Waals surface area contributed by atoms with Crippen LogP contribution in [0.15, 0.2) is 40.9 Å². The zero-order valence-corrected chi connectivity index (χ0v) is 13.2. The molecule has 0 saturated carbocycles. The van der Waals surface area contributed by atoms with Gasteiger partial charge in [0.15, 0.2) is 11.5 Å². The number of carbonyl (C=O) groups excluding carboxylic acids is 1. The summed E-state index contributed by atoms with van der Waals surface area (Å²) in [5.74, 6) is -0.273. The van der Waals surface area contributed by atoms with E-state index in [0.717, 1.165) is 10.0 Å². The molecule has 7 nitrogen and oxygen atoms in total. The van der Waals surface area contributed by atoms with E-state index in [-0.39, 0.29) is 36.1 Å². The fraction of sp³-hybridized carbons (Fsp3) is 0.133. The van der Waals surface area contributed by atoms with Crippen LogP contribution in [0.5, 0.6) is 11.5 Å². The highest BCUT2D eigenvalue weighted by molar-refractivity contribution is 9.10. The normalized spacial score (nSPS) is 12.0. The molecule has 0 aromatic heterocycles. The highest BCUT2D eigenvalue weighted by Crippen LogP contribution is 2.38. The number of rotatable bonds is 4. The number of hydrogen-bond acceptors (Lipinski definition) is 6. The highest BCUT2D eigenvalue weighted by atomic mass is 79.9. The summed E-state index contributed by atoms with van der Waals surface area (Å²) in [4.78, 5) is 22.7. The lowest BCUT2D eigenvalue weighted by molar-refractivity contribution is -0.385. The molecule has 8 heteroatoms. The van der Waals surface area contributed by atoms with E-state index in [4.69, 9.17) is 14.2 Å². The smallest absolute Gasteiger partial charge is 0.345 e. The molecule has 1 heterocycles. The SMILES string of the molecule is O=C(OCc1ccc(Br)cc1)c1cc2c(cc1[N+](=O)[O-])OCO2. The Morgan fingerprint density at radius 1 is 1.22 bits per heavy atom. The maximum absolute atomic E-state index is 12.2. The van der Waals surface area contributed by atoms with Crippen molar-refractivity contribution >= 4 is 27.6 Å². The van der Waals surface area contributed by atoms with E-state index in [2.05, 4.69) is 15.9 Å². The number of carbonyl (C=O) groups is 1. The molecular formula is C15H10BrNO6. The van der Waals surface area contributed by atoms with Crippen LogP contribution in [0.4, 0.5) is 5.69 Å². The number of nitro groups is 1. The second kappa shape index (κ2) is 6.25. The van der Waals surface area contributed by atoms with Crippen molar-refractivity contribution < 1.29 is 23.9 Å². The van der Waals surface area contributed by atoms with Gasteiger partial charge in [-0.05, 0) is 17.7 Å². The van der Waals surface area contributed by atoms with Crippen molar-refractivity contribution in [1.29, 1.82) is 0 Å². The quantitative estimate of drug-likeness (QED) is 0.459. The molecule has 0 radical (unpaired) electrons. The molecular weight excluding hydrogens is 370 g/mol. The van der Waals surface area contributed by atoms with Gasteiger partial charge in [0.2, 0.25) is 6.79 Å². The molecule has 0 N–H and O–H groups in total. The molecule has 2 aromatic carbocycles. The van der Waals surface area contributed by atoms with Crippen LogP contribution in [-0.2, 0) is 11.3 Å². The van der Waals surface area contributed by atoms with Gasteiger partial charge in [0.05, 0.1) is 11.0 Å². The fourth-order valence-corrected chi connectivity index (χ4v) is 2.32. The van der Waals surface area contributed by atoms with Crippen molar-refractivity contribution in [2.75, 3.05) is 6.79 Å². The Kier molecular flexibility index (Phi) is 4.16. The lowest BCUT2D eigenvalue weighted by atomic mass is 10.1. The number of halogens is 1. The van der Waals surface area contributed by atoms with E-state index in [0.29, 0.717) is 0 Å².